The number of rotatable bonds is 4. The van der Waals surface area contributed by atoms with Gasteiger partial charge in [-0.1, -0.05) is 29.3 Å². The Hall–Kier alpha value is -3.36. The lowest BCUT2D eigenvalue weighted by Crippen LogP contribution is -2.19. The lowest BCUT2D eigenvalue weighted by atomic mass is 10.1. The van der Waals surface area contributed by atoms with Crippen LogP contribution in [0.25, 0.3) is 17.4 Å². The van der Waals surface area contributed by atoms with Gasteiger partial charge in [0, 0.05) is 17.2 Å². The molecule has 1 amide bonds. The lowest BCUT2D eigenvalue weighted by molar-refractivity contribution is -0.384. The molecular weight excluding hydrogens is 438 g/mol. The molecule has 1 aromatic heterocycles. The van der Waals surface area contributed by atoms with Crippen LogP contribution in [0, 0.1) is 24.0 Å². The first-order valence-corrected chi connectivity index (χ1v) is 10.4. The second-order valence-corrected chi connectivity index (χ2v) is 8.36. The predicted octanol–water partition coefficient (Wildman–Crippen LogP) is 6.02. The number of amidine groups is 1. The monoisotopic (exact) mass is 453 g/mol. The molecule has 0 unspecified atom stereocenters. The number of hydrogen-bond acceptors (Lipinski definition) is 6. The van der Waals surface area contributed by atoms with E-state index >= 15 is 0 Å². The molecule has 4 rings (SSSR count). The van der Waals surface area contributed by atoms with Crippen LogP contribution in [0.3, 0.4) is 0 Å². The SMILES string of the molecule is Cc1ccc(N=C2NC(=O)/C(=C\c3ccc(-c4ccc(Cl)cc4[N+](=O)[O-])o3)S2)c(C)c1. The first kappa shape index (κ1) is 20.9. The maximum atomic E-state index is 12.3. The smallest absolute Gasteiger partial charge is 0.281 e. The molecule has 0 saturated carbocycles. The number of carbonyl (C=O) groups is 1. The molecule has 0 radical (unpaired) electrons. The summed E-state index contributed by atoms with van der Waals surface area (Å²) in [5, 5.41) is 14.8. The van der Waals surface area contributed by atoms with E-state index in [-0.39, 0.29) is 16.6 Å². The fourth-order valence-electron chi connectivity index (χ4n) is 3.09. The van der Waals surface area contributed by atoms with Gasteiger partial charge in [0.15, 0.2) is 5.17 Å². The molecule has 0 spiro atoms. The Bertz CT molecular complexity index is 1280. The molecular formula is C22H16ClN3O4S. The van der Waals surface area contributed by atoms with Crippen molar-refractivity contribution < 1.29 is 14.1 Å². The van der Waals surface area contributed by atoms with Crippen LogP contribution in [0.4, 0.5) is 11.4 Å². The molecule has 3 aromatic rings. The van der Waals surface area contributed by atoms with Crippen molar-refractivity contribution in [1.29, 1.82) is 0 Å². The van der Waals surface area contributed by atoms with Crippen LogP contribution in [0.5, 0.6) is 0 Å². The van der Waals surface area contributed by atoms with Crippen LogP contribution in [0.2, 0.25) is 5.02 Å². The minimum atomic E-state index is -0.516. The Kier molecular flexibility index (Phi) is 5.67. The summed E-state index contributed by atoms with van der Waals surface area (Å²) in [6.07, 6.45) is 1.58. The Labute approximate surface area is 187 Å². The lowest BCUT2D eigenvalue weighted by Gasteiger charge is -2.02. The minimum absolute atomic E-state index is 0.156. The van der Waals surface area contributed by atoms with Crippen molar-refractivity contribution in [1.82, 2.24) is 5.32 Å². The molecule has 1 aliphatic heterocycles. The van der Waals surface area contributed by atoms with E-state index in [2.05, 4.69) is 10.3 Å². The fourth-order valence-corrected chi connectivity index (χ4v) is 4.07. The molecule has 31 heavy (non-hydrogen) atoms. The number of nitro groups is 1. The molecule has 1 N–H and O–H groups in total. The number of benzene rings is 2. The first-order valence-electron chi connectivity index (χ1n) is 9.21. The number of thioether (sulfide) groups is 1. The van der Waals surface area contributed by atoms with Gasteiger partial charge in [-0.25, -0.2) is 4.99 Å². The van der Waals surface area contributed by atoms with E-state index in [0.717, 1.165) is 16.8 Å². The number of halogens is 1. The zero-order valence-electron chi connectivity index (χ0n) is 16.5. The molecule has 0 bridgehead atoms. The first-order chi connectivity index (χ1) is 14.8. The van der Waals surface area contributed by atoms with Crippen molar-refractivity contribution in [2.75, 3.05) is 0 Å². The third-order valence-corrected chi connectivity index (χ3v) is 5.69. The highest BCUT2D eigenvalue weighted by Crippen LogP contribution is 2.35. The molecule has 1 saturated heterocycles. The zero-order valence-corrected chi connectivity index (χ0v) is 18.1. The van der Waals surface area contributed by atoms with Crippen molar-refractivity contribution in [3.05, 3.63) is 85.5 Å². The Morgan fingerprint density at radius 2 is 1.97 bits per heavy atom. The van der Waals surface area contributed by atoms with Crippen molar-refractivity contribution in [2.45, 2.75) is 13.8 Å². The van der Waals surface area contributed by atoms with Crippen LogP contribution in [0.15, 0.2) is 62.8 Å². The summed E-state index contributed by atoms with van der Waals surface area (Å²) in [6.45, 7) is 3.97. The molecule has 1 fully saturated rings. The van der Waals surface area contributed by atoms with Gasteiger partial charge in [-0.3, -0.25) is 14.9 Å². The van der Waals surface area contributed by atoms with Crippen LogP contribution in [-0.4, -0.2) is 16.0 Å². The molecule has 0 atom stereocenters. The van der Waals surface area contributed by atoms with Crippen LogP contribution >= 0.6 is 23.4 Å². The number of nitrogens with zero attached hydrogens (tertiary/aromatic N) is 2. The second kappa shape index (κ2) is 8.41. The van der Waals surface area contributed by atoms with E-state index < -0.39 is 4.92 Å². The van der Waals surface area contributed by atoms with E-state index in [9.17, 15) is 14.9 Å². The minimum Gasteiger partial charge on any atom is -0.456 e. The van der Waals surface area contributed by atoms with Gasteiger partial charge in [0.1, 0.15) is 11.5 Å². The van der Waals surface area contributed by atoms with Gasteiger partial charge in [-0.05, 0) is 61.5 Å². The number of nitrogens with one attached hydrogen (secondary N) is 1. The van der Waals surface area contributed by atoms with E-state index in [1.54, 1.807) is 24.3 Å². The van der Waals surface area contributed by atoms with Gasteiger partial charge in [-0.2, -0.15) is 0 Å². The van der Waals surface area contributed by atoms with Gasteiger partial charge in [-0.15, -0.1) is 0 Å². The number of amides is 1. The highest BCUT2D eigenvalue weighted by atomic mass is 35.5. The molecule has 2 heterocycles. The summed E-state index contributed by atoms with van der Waals surface area (Å²) < 4.78 is 5.74. The molecule has 0 aliphatic carbocycles. The quantitative estimate of drug-likeness (QED) is 0.296. The Morgan fingerprint density at radius 1 is 1.16 bits per heavy atom. The third kappa shape index (κ3) is 4.55. The summed E-state index contributed by atoms with van der Waals surface area (Å²) in [6, 6.07) is 13.5. The van der Waals surface area contributed by atoms with Gasteiger partial charge >= 0.3 is 0 Å². The maximum absolute atomic E-state index is 12.3. The van der Waals surface area contributed by atoms with Crippen molar-refractivity contribution in [2.24, 2.45) is 4.99 Å². The summed E-state index contributed by atoms with van der Waals surface area (Å²) in [4.78, 5) is 28.1. The fraction of sp³-hybridized carbons (Fsp3) is 0.0909. The second-order valence-electron chi connectivity index (χ2n) is 6.89. The number of nitro benzene ring substituents is 1. The van der Waals surface area contributed by atoms with Gasteiger partial charge in [0.2, 0.25) is 0 Å². The highest BCUT2D eigenvalue weighted by Gasteiger charge is 2.25. The number of aliphatic imine (C=N–C) groups is 1. The molecule has 7 nitrogen and oxygen atoms in total. The van der Waals surface area contributed by atoms with E-state index in [1.807, 2.05) is 32.0 Å². The molecule has 2 aromatic carbocycles. The van der Waals surface area contributed by atoms with E-state index in [4.69, 9.17) is 16.0 Å². The summed E-state index contributed by atoms with van der Waals surface area (Å²) in [7, 11) is 0. The topological polar surface area (TPSA) is 97.7 Å². The van der Waals surface area contributed by atoms with Crippen LogP contribution in [-0.2, 0) is 4.79 Å². The van der Waals surface area contributed by atoms with Gasteiger partial charge in [0.25, 0.3) is 11.6 Å². The summed E-state index contributed by atoms with van der Waals surface area (Å²) >= 11 is 7.07. The third-order valence-electron chi connectivity index (χ3n) is 4.55. The molecule has 9 heteroatoms. The van der Waals surface area contributed by atoms with Gasteiger partial charge < -0.3 is 9.73 Å². The highest BCUT2D eigenvalue weighted by molar-refractivity contribution is 8.18. The summed E-state index contributed by atoms with van der Waals surface area (Å²) in [5.74, 6) is 0.413. The predicted molar refractivity (Wildman–Crippen MR) is 123 cm³/mol. The standard InChI is InChI=1S/C22H16ClN3O4S/c1-12-3-7-17(13(2)9-12)24-22-25-21(27)20(31-22)11-15-5-8-19(30-15)16-6-4-14(23)10-18(16)26(28)29/h3-11H,1-2H3,(H,24,25,27)/b20-11+. The average Bonchev–Trinajstić information content (AvgIpc) is 3.31. The van der Waals surface area contributed by atoms with E-state index in [1.165, 1.54) is 23.9 Å². The zero-order chi connectivity index (χ0) is 22.1. The largest absolute Gasteiger partial charge is 0.456 e. The Morgan fingerprint density at radius 3 is 2.71 bits per heavy atom. The summed E-state index contributed by atoms with van der Waals surface area (Å²) in [5.41, 5.74) is 3.08. The normalized spacial score (nSPS) is 16.2. The van der Waals surface area contributed by atoms with Gasteiger partial charge in [0.05, 0.1) is 21.1 Å². The maximum Gasteiger partial charge on any atom is 0.281 e. The average molecular weight is 454 g/mol. The number of hydrogen-bond donors (Lipinski definition) is 1. The van der Waals surface area contributed by atoms with Crippen molar-refractivity contribution in [3.8, 4) is 11.3 Å². The van der Waals surface area contributed by atoms with Crippen LogP contribution < -0.4 is 5.32 Å². The molecule has 1 aliphatic rings. The van der Waals surface area contributed by atoms with E-state index in [0.29, 0.717) is 27.2 Å². The van der Waals surface area contributed by atoms with Crippen molar-refractivity contribution >= 4 is 51.9 Å². The number of aryl methyl sites for hydroxylation is 2. The Balaban J connectivity index is 1.59. The number of carbonyl (C=O) groups excluding carboxylic acids is 1. The van der Waals surface area contributed by atoms with Crippen LogP contribution in [0.1, 0.15) is 16.9 Å². The van der Waals surface area contributed by atoms with Crippen molar-refractivity contribution in [3.63, 3.8) is 0 Å². The molecule has 156 valence electrons. The number of furan rings is 1.